The van der Waals surface area contributed by atoms with Crippen LogP contribution < -0.4 is 0 Å². The summed E-state index contributed by atoms with van der Waals surface area (Å²) in [4.78, 5) is 26.2. The molecule has 0 aromatic heterocycles. The minimum atomic E-state index is 0.108. The molecule has 0 N–H and O–H groups in total. The first kappa shape index (κ1) is 14.3. The van der Waals surface area contributed by atoms with Gasteiger partial charge in [0.1, 0.15) is 6.61 Å². The van der Waals surface area contributed by atoms with Gasteiger partial charge in [-0.25, -0.2) is 0 Å². The fourth-order valence-corrected chi connectivity index (χ4v) is 3.33. The molecule has 2 aliphatic heterocycles. The number of nitrogens with zero attached hydrogens (tertiary/aromatic N) is 2. The van der Waals surface area contributed by atoms with Crippen LogP contribution >= 0.6 is 0 Å². The van der Waals surface area contributed by atoms with Gasteiger partial charge in [-0.15, -0.1) is 0 Å². The monoisotopic (exact) mass is 268 g/mol. The van der Waals surface area contributed by atoms with Crippen molar-refractivity contribution in [3.05, 3.63) is 0 Å². The van der Waals surface area contributed by atoms with Crippen LogP contribution in [0.25, 0.3) is 0 Å². The van der Waals surface area contributed by atoms with Gasteiger partial charge >= 0.3 is 0 Å². The van der Waals surface area contributed by atoms with E-state index in [0.717, 1.165) is 70.1 Å². The second-order valence-corrected chi connectivity index (χ2v) is 5.63. The number of piperidine rings is 2. The Morgan fingerprint density at radius 1 is 1.11 bits per heavy atom. The standard InChI is InChI=1S/C14H24N2O3/c1-19-10-14(18)16-8-4-13(5-9-16)12-2-6-15(11-17)7-3-12/h11-13H,2-10H2,1H3. The molecular weight excluding hydrogens is 244 g/mol. The molecule has 2 amide bonds. The highest BCUT2D eigenvalue weighted by atomic mass is 16.5. The van der Waals surface area contributed by atoms with Gasteiger partial charge in [-0.2, -0.15) is 0 Å². The van der Waals surface area contributed by atoms with Crippen molar-refractivity contribution in [2.24, 2.45) is 11.8 Å². The van der Waals surface area contributed by atoms with E-state index in [1.807, 2.05) is 9.80 Å². The van der Waals surface area contributed by atoms with Crippen LogP contribution in [-0.2, 0) is 14.3 Å². The van der Waals surface area contributed by atoms with Crippen molar-refractivity contribution in [2.75, 3.05) is 39.9 Å². The maximum Gasteiger partial charge on any atom is 0.248 e. The summed E-state index contributed by atoms with van der Waals surface area (Å²) in [7, 11) is 1.56. The van der Waals surface area contributed by atoms with Crippen LogP contribution in [0, 0.1) is 11.8 Å². The van der Waals surface area contributed by atoms with E-state index >= 15 is 0 Å². The van der Waals surface area contributed by atoms with Crippen LogP contribution in [0.15, 0.2) is 0 Å². The first-order valence-corrected chi connectivity index (χ1v) is 7.20. The summed E-state index contributed by atoms with van der Waals surface area (Å²) < 4.78 is 4.89. The summed E-state index contributed by atoms with van der Waals surface area (Å²) in [5.74, 6) is 1.56. The van der Waals surface area contributed by atoms with Gasteiger partial charge in [0.15, 0.2) is 0 Å². The molecule has 0 spiro atoms. The number of carbonyl (C=O) groups excluding carboxylic acids is 2. The van der Waals surface area contributed by atoms with E-state index < -0.39 is 0 Å². The molecule has 0 radical (unpaired) electrons. The van der Waals surface area contributed by atoms with Gasteiger partial charge in [-0.3, -0.25) is 9.59 Å². The predicted molar refractivity (Wildman–Crippen MR) is 71.5 cm³/mol. The van der Waals surface area contributed by atoms with Gasteiger partial charge in [-0.05, 0) is 37.5 Å². The molecule has 5 heteroatoms. The summed E-state index contributed by atoms with van der Waals surface area (Å²) in [6.45, 7) is 3.72. The molecule has 2 aliphatic rings. The molecule has 0 bridgehead atoms. The number of carbonyl (C=O) groups is 2. The van der Waals surface area contributed by atoms with Gasteiger partial charge in [0.25, 0.3) is 0 Å². The zero-order chi connectivity index (χ0) is 13.7. The van der Waals surface area contributed by atoms with Crippen molar-refractivity contribution in [3.8, 4) is 0 Å². The van der Waals surface area contributed by atoms with Gasteiger partial charge in [-0.1, -0.05) is 0 Å². The van der Waals surface area contributed by atoms with Crippen molar-refractivity contribution in [1.82, 2.24) is 9.80 Å². The van der Waals surface area contributed by atoms with Crippen molar-refractivity contribution in [2.45, 2.75) is 25.7 Å². The largest absolute Gasteiger partial charge is 0.375 e. The van der Waals surface area contributed by atoms with Crippen LogP contribution in [0.3, 0.4) is 0 Å². The van der Waals surface area contributed by atoms with Gasteiger partial charge in [0, 0.05) is 33.3 Å². The highest BCUT2D eigenvalue weighted by Crippen LogP contribution is 2.32. The fourth-order valence-electron chi connectivity index (χ4n) is 3.33. The average Bonchev–Trinajstić information content (AvgIpc) is 2.48. The fraction of sp³-hybridized carbons (Fsp3) is 0.857. The Hall–Kier alpha value is -1.10. The molecule has 0 saturated carbocycles. The Kier molecular flexibility index (Phi) is 5.19. The molecule has 108 valence electrons. The van der Waals surface area contributed by atoms with E-state index in [1.54, 1.807) is 7.11 Å². The Bertz CT molecular complexity index is 306. The smallest absolute Gasteiger partial charge is 0.248 e. The van der Waals surface area contributed by atoms with E-state index in [9.17, 15) is 9.59 Å². The molecule has 2 saturated heterocycles. The summed E-state index contributed by atoms with van der Waals surface area (Å²) in [5, 5.41) is 0. The SMILES string of the molecule is COCC(=O)N1CCC(C2CCN(C=O)CC2)CC1. The predicted octanol–water partition coefficient (Wildman–Crippen LogP) is 0.740. The molecule has 2 rings (SSSR count). The van der Waals surface area contributed by atoms with E-state index in [-0.39, 0.29) is 12.5 Å². The first-order chi connectivity index (χ1) is 9.24. The maximum absolute atomic E-state index is 11.7. The number of rotatable bonds is 4. The topological polar surface area (TPSA) is 49.9 Å². The normalized spacial score (nSPS) is 22.6. The van der Waals surface area contributed by atoms with Gasteiger partial charge in [0.05, 0.1) is 0 Å². The quantitative estimate of drug-likeness (QED) is 0.707. The molecule has 0 aliphatic carbocycles. The number of amides is 2. The Morgan fingerprint density at radius 3 is 2.11 bits per heavy atom. The minimum Gasteiger partial charge on any atom is -0.375 e. The summed E-state index contributed by atoms with van der Waals surface area (Å²) >= 11 is 0. The van der Waals surface area contributed by atoms with E-state index in [2.05, 4.69) is 0 Å². The number of hydrogen-bond donors (Lipinski definition) is 0. The zero-order valence-electron chi connectivity index (χ0n) is 11.7. The molecule has 19 heavy (non-hydrogen) atoms. The third-order valence-electron chi connectivity index (χ3n) is 4.55. The lowest BCUT2D eigenvalue weighted by Gasteiger charge is -2.39. The lowest BCUT2D eigenvalue weighted by Crippen LogP contribution is -2.43. The number of hydrogen-bond acceptors (Lipinski definition) is 3. The summed E-state index contributed by atoms with van der Waals surface area (Å²) in [5.41, 5.74) is 0. The number of ether oxygens (including phenoxy) is 1. The zero-order valence-corrected chi connectivity index (χ0v) is 11.7. The number of likely N-dealkylation sites (tertiary alicyclic amines) is 2. The van der Waals surface area contributed by atoms with Crippen molar-refractivity contribution in [3.63, 3.8) is 0 Å². The molecule has 2 fully saturated rings. The van der Waals surface area contributed by atoms with Gasteiger partial charge < -0.3 is 14.5 Å². The van der Waals surface area contributed by atoms with E-state index in [1.165, 1.54) is 0 Å². The van der Waals surface area contributed by atoms with Crippen molar-refractivity contribution in [1.29, 1.82) is 0 Å². The van der Waals surface area contributed by atoms with Crippen LogP contribution in [0.4, 0.5) is 0 Å². The molecule has 2 heterocycles. The third kappa shape index (κ3) is 3.69. The van der Waals surface area contributed by atoms with Gasteiger partial charge in [0.2, 0.25) is 12.3 Å². The lowest BCUT2D eigenvalue weighted by molar-refractivity contribution is -0.137. The highest BCUT2D eigenvalue weighted by molar-refractivity contribution is 5.77. The Labute approximate surface area is 114 Å². The molecule has 0 atom stereocenters. The summed E-state index contributed by atoms with van der Waals surface area (Å²) in [6, 6.07) is 0. The van der Waals surface area contributed by atoms with E-state index in [0.29, 0.717) is 0 Å². The Balaban J connectivity index is 1.74. The van der Waals surface area contributed by atoms with Crippen molar-refractivity contribution < 1.29 is 14.3 Å². The van der Waals surface area contributed by atoms with Crippen LogP contribution in [0.5, 0.6) is 0 Å². The maximum atomic E-state index is 11.7. The van der Waals surface area contributed by atoms with Crippen LogP contribution in [0.2, 0.25) is 0 Å². The molecule has 0 aromatic carbocycles. The molecule has 0 unspecified atom stereocenters. The Morgan fingerprint density at radius 2 is 1.63 bits per heavy atom. The average molecular weight is 268 g/mol. The van der Waals surface area contributed by atoms with Crippen LogP contribution in [0.1, 0.15) is 25.7 Å². The highest BCUT2D eigenvalue weighted by Gasteiger charge is 2.30. The van der Waals surface area contributed by atoms with Crippen molar-refractivity contribution >= 4 is 12.3 Å². The minimum absolute atomic E-state index is 0.108. The lowest BCUT2D eigenvalue weighted by atomic mass is 9.79. The molecule has 0 aromatic rings. The summed E-state index contributed by atoms with van der Waals surface area (Å²) in [6.07, 6.45) is 5.40. The second-order valence-electron chi connectivity index (χ2n) is 5.63. The van der Waals surface area contributed by atoms with Crippen LogP contribution in [-0.4, -0.2) is 62.0 Å². The molecular formula is C14H24N2O3. The first-order valence-electron chi connectivity index (χ1n) is 7.20. The number of methoxy groups -OCH3 is 1. The molecule has 5 nitrogen and oxygen atoms in total. The second kappa shape index (κ2) is 6.89. The third-order valence-corrected chi connectivity index (χ3v) is 4.55. The van der Waals surface area contributed by atoms with E-state index in [4.69, 9.17) is 4.74 Å².